The number of sulfone groups is 1. The first kappa shape index (κ1) is 23.6. The molecular weight excluding hydrogens is 464 g/mol. The van der Waals surface area contributed by atoms with Crippen LogP contribution in [0, 0.1) is 13.8 Å². The number of sulfonamides is 1. The van der Waals surface area contributed by atoms with Gasteiger partial charge in [0.1, 0.15) is 0 Å². The number of hydrogen-bond donors (Lipinski definition) is 0. The maximum atomic E-state index is 13.5. The second kappa shape index (κ2) is 9.02. The summed E-state index contributed by atoms with van der Waals surface area (Å²) in [5.74, 6) is -0.602. The number of aryl methyl sites for hydroxylation is 2. The number of carbonyl (C=O) groups is 1. The van der Waals surface area contributed by atoms with E-state index in [-0.39, 0.29) is 29.3 Å². The zero-order valence-corrected chi connectivity index (χ0v) is 20.1. The Morgan fingerprint density at radius 2 is 1.70 bits per heavy atom. The van der Waals surface area contributed by atoms with Gasteiger partial charge in [0, 0.05) is 29.7 Å². The fourth-order valence-corrected chi connectivity index (χ4v) is 6.58. The lowest BCUT2D eigenvalue weighted by atomic mass is 10.1. The average Bonchev–Trinajstić information content (AvgIpc) is 3.16. The number of anilines is 1. The number of rotatable bonds is 5. The largest absolute Gasteiger partial charge is 0.379 e. The van der Waals surface area contributed by atoms with Gasteiger partial charge in [-0.25, -0.2) is 16.8 Å². The van der Waals surface area contributed by atoms with E-state index in [2.05, 4.69) is 0 Å². The lowest BCUT2D eigenvalue weighted by Gasteiger charge is -2.29. The number of amides is 1. The highest BCUT2D eigenvalue weighted by atomic mass is 32.2. The molecule has 1 amide bonds. The van der Waals surface area contributed by atoms with Crippen LogP contribution in [0.3, 0.4) is 0 Å². The molecule has 1 fully saturated rings. The third kappa shape index (κ3) is 4.89. The van der Waals surface area contributed by atoms with Gasteiger partial charge in [0.25, 0.3) is 5.91 Å². The molecule has 0 spiro atoms. The molecule has 0 N–H and O–H groups in total. The van der Waals surface area contributed by atoms with Crippen LogP contribution in [0.15, 0.2) is 58.8 Å². The molecule has 33 heavy (non-hydrogen) atoms. The van der Waals surface area contributed by atoms with Crippen LogP contribution in [-0.2, 0) is 24.6 Å². The van der Waals surface area contributed by atoms with E-state index in [1.54, 1.807) is 6.07 Å². The van der Waals surface area contributed by atoms with Gasteiger partial charge in [-0.1, -0.05) is 6.07 Å². The van der Waals surface area contributed by atoms with Crippen molar-refractivity contribution in [2.45, 2.75) is 24.8 Å². The summed E-state index contributed by atoms with van der Waals surface area (Å²) in [6.07, 6.45) is 1.51. The highest BCUT2D eigenvalue weighted by Crippen LogP contribution is 2.27. The Kier molecular flexibility index (Phi) is 6.45. The molecule has 176 valence electrons. The van der Waals surface area contributed by atoms with E-state index in [9.17, 15) is 21.6 Å². The summed E-state index contributed by atoms with van der Waals surface area (Å²) in [5, 5.41) is 1.14. The van der Waals surface area contributed by atoms with Crippen LogP contribution in [0.1, 0.15) is 21.5 Å². The summed E-state index contributed by atoms with van der Waals surface area (Å²) < 4.78 is 56.4. The molecule has 2 heterocycles. The molecule has 0 saturated carbocycles. The molecule has 0 aliphatic carbocycles. The Balaban J connectivity index is 1.66. The van der Waals surface area contributed by atoms with Gasteiger partial charge in [-0.05, 0) is 67.4 Å². The van der Waals surface area contributed by atoms with Crippen LogP contribution in [0.5, 0.6) is 0 Å². The third-order valence-corrected chi connectivity index (χ3v) is 9.23. The summed E-state index contributed by atoms with van der Waals surface area (Å²) in [4.78, 5) is 15.1. The number of nitrogens with zero attached hydrogens (tertiary/aromatic N) is 2. The van der Waals surface area contributed by atoms with Gasteiger partial charge >= 0.3 is 0 Å². The zero-order chi connectivity index (χ0) is 23.8. The van der Waals surface area contributed by atoms with Gasteiger partial charge in [-0.3, -0.25) is 4.79 Å². The van der Waals surface area contributed by atoms with Gasteiger partial charge in [0.05, 0.1) is 29.9 Å². The average molecular weight is 491 g/mol. The third-order valence-electron chi connectivity index (χ3n) is 5.94. The molecule has 0 radical (unpaired) electrons. The monoisotopic (exact) mass is 490 g/mol. The van der Waals surface area contributed by atoms with Crippen LogP contribution < -0.4 is 4.90 Å². The first-order valence-corrected chi connectivity index (χ1v) is 13.7. The topological polar surface area (TPSA) is 101 Å². The highest BCUT2D eigenvalue weighted by molar-refractivity contribution is 7.94. The summed E-state index contributed by atoms with van der Waals surface area (Å²) in [6.45, 7) is 5.14. The van der Waals surface area contributed by atoms with Crippen molar-refractivity contribution in [2.75, 3.05) is 37.0 Å². The summed E-state index contributed by atoms with van der Waals surface area (Å²) in [5.41, 5.74) is 2.88. The molecule has 2 aromatic rings. The van der Waals surface area contributed by atoms with Crippen molar-refractivity contribution >= 4 is 31.5 Å². The van der Waals surface area contributed by atoms with Crippen molar-refractivity contribution < 1.29 is 26.4 Å². The molecule has 2 aliphatic heterocycles. The lowest BCUT2D eigenvalue weighted by molar-refractivity contribution is 0.0730. The Bertz CT molecular complexity index is 1290. The summed E-state index contributed by atoms with van der Waals surface area (Å²) >= 11 is 0. The van der Waals surface area contributed by atoms with E-state index in [0.29, 0.717) is 18.9 Å². The van der Waals surface area contributed by atoms with Crippen LogP contribution in [0.2, 0.25) is 0 Å². The van der Waals surface area contributed by atoms with Crippen molar-refractivity contribution in [3.8, 4) is 0 Å². The Morgan fingerprint density at radius 3 is 2.27 bits per heavy atom. The number of morpholine rings is 1. The molecule has 8 nitrogen and oxygen atoms in total. The number of hydrogen-bond acceptors (Lipinski definition) is 6. The molecule has 2 aliphatic rings. The maximum Gasteiger partial charge on any atom is 0.258 e. The minimum absolute atomic E-state index is 0.0991. The predicted molar refractivity (Wildman–Crippen MR) is 125 cm³/mol. The first-order chi connectivity index (χ1) is 15.6. The van der Waals surface area contributed by atoms with Crippen molar-refractivity contribution in [2.24, 2.45) is 0 Å². The standard InChI is InChI=1S/C23H26N2O6S2/c1-17-3-6-20(15-18(17)2)25(21-9-14-32(27,28)16-21)23(26)19-4-7-22(8-5-19)33(29,30)24-10-12-31-13-11-24/h3-9,14-15,21H,10-13,16H2,1-2H3/t21-/m0/s1. The highest BCUT2D eigenvalue weighted by Gasteiger charge is 2.33. The zero-order valence-electron chi connectivity index (χ0n) is 18.5. The molecule has 0 aromatic heterocycles. The molecule has 1 atom stereocenters. The van der Waals surface area contributed by atoms with Crippen molar-refractivity contribution in [1.82, 2.24) is 4.31 Å². The van der Waals surface area contributed by atoms with E-state index in [0.717, 1.165) is 16.5 Å². The lowest BCUT2D eigenvalue weighted by Crippen LogP contribution is -2.41. The summed E-state index contributed by atoms with van der Waals surface area (Å²) in [7, 11) is -7.07. The van der Waals surface area contributed by atoms with Crippen LogP contribution >= 0.6 is 0 Å². The summed E-state index contributed by atoms with van der Waals surface area (Å²) in [6, 6.07) is 10.6. The van der Waals surface area contributed by atoms with E-state index in [1.165, 1.54) is 39.5 Å². The van der Waals surface area contributed by atoms with E-state index < -0.39 is 31.8 Å². The molecule has 0 bridgehead atoms. The fraction of sp³-hybridized carbons (Fsp3) is 0.348. The van der Waals surface area contributed by atoms with Gasteiger partial charge in [0.15, 0.2) is 9.84 Å². The first-order valence-electron chi connectivity index (χ1n) is 10.6. The van der Waals surface area contributed by atoms with Gasteiger partial charge in [-0.15, -0.1) is 0 Å². The minimum atomic E-state index is -3.68. The molecule has 10 heteroatoms. The molecule has 2 aromatic carbocycles. The van der Waals surface area contributed by atoms with Crippen molar-refractivity contribution in [1.29, 1.82) is 0 Å². The van der Waals surface area contributed by atoms with E-state index in [4.69, 9.17) is 4.74 Å². The Morgan fingerprint density at radius 1 is 1.03 bits per heavy atom. The minimum Gasteiger partial charge on any atom is -0.379 e. The molecular formula is C23H26N2O6S2. The van der Waals surface area contributed by atoms with E-state index in [1.807, 2.05) is 26.0 Å². The molecule has 0 unspecified atom stereocenters. The van der Waals surface area contributed by atoms with Crippen LogP contribution in [0.4, 0.5) is 5.69 Å². The smallest absolute Gasteiger partial charge is 0.258 e. The van der Waals surface area contributed by atoms with Gasteiger partial charge < -0.3 is 9.64 Å². The SMILES string of the molecule is Cc1ccc(N(C(=O)c2ccc(S(=O)(=O)N3CCOCC3)cc2)[C@H]2C=CS(=O)(=O)C2)cc1C. The van der Waals surface area contributed by atoms with Crippen LogP contribution in [0.25, 0.3) is 0 Å². The predicted octanol–water partition coefficient (Wildman–Crippen LogP) is 2.28. The molecule has 4 rings (SSSR count). The quantitative estimate of drug-likeness (QED) is 0.637. The fourth-order valence-electron chi connectivity index (χ4n) is 3.90. The number of benzene rings is 2. The van der Waals surface area contributed by atoms with Gasteiger partial charge in [0.2, 0.25) is 10.0 Å². The Labute approximate surface area is 194 Å². The second-order valence-corrected chi connectivity index (χ2v) is 12.1. The Hall–Kier alpha value is -2.53. The van der Waals surface area contributed by atoms with Crippen molar-refractivity contribution in [3.63, 3.8) is 0 Å². The molecule has 1 saturated heterocycles. The second-order valence-electron chi connectivity index (χ2n) is 8.21. The normalized spacial score (nSPS) is 20.6. The van der Waals surface area contributed by atoms with Gasteiger partial charge in [-0.2, -0.15) is 4.31 Å². The van der Waals surface area contributed by atoms with Crippen molar-refractivity contribution in [3.05, 3.63) is 70.6 Å². The number of ether oxygens (including phenoxy) is 1. The number of carbonyl (C=O) groups excluding carboxylic acids is 1. The van der Waals surface area contributed by atoms with E-state index >= 15 is 0 Å². The van der Waals surface area contributed by atoms with Crippen LogP contribution in [-0.4, -0.2) is 65.1 Å². The maximum absolute atomic E-state index is 13.5.